The average Bonchev–Trinajstić information content (AvgIpc) is 3.01. The van der Waals surface area contributed by atoms with Gasteiger partial charge in [0.25, 0.3) is 0 Å². The van der Waals surface area contributed by atoms with Crippen LogP contribution in [0.2, 0.25) is 0 Å². The van der Waals surface area contributed by atoms with Crippen LogP contribution in [-0.4, -0.2) is 43.7 Å². The SMILES string of the molecule is CCOC(=O)c1sc(N2CC3CNCC3C2)nc1C.Cl. The highest BCUT2D eigenvalue weighted by Gasteiger charge is 2.37. The Morgan fingerprint density at radius 1 is 1.45 bits per heavy atom. The van der Waals surface area contributed by atoms with Gasteiger partial charge in [-0.2, -0.15) is 0 Å². The highest BCUT2D eigenvalue weighted by molar-refractivity contribution is 7.17. The van der Waals surface area contributed by atoms with E-state index in [2.05, 4.69) is 15.2 Å². The summed E-state index contributed by atoms with van der Waals surface area (Å²) in [5.74, 6) is 1.22. The summed E-state index contributed by atoms with van der Waals surface area (Å²) in [6.07, 6.45) is 0. The zero-order chi connectivity index (χ0) is 13.4. The second kappa shape index (κ2) is 6.28. The van der Waals surface area contributed by atoms with Crippen molar-refractivity contribution in [3.8, 4) is 0 Å². The van der Waals surface area contributed by atoms with Crippen molar-refractivity contribution in [2.45, 2.75) is 13.8 Å². The predicted molar refractivity (Wildman–Crippen MR) is 82.1 cm³/mol. The maximum absolute atomic E-state index is 11.8. The molecule has 2 aliphatic heterocycles. The molecule has 20 heavy (non-hydrogen) atoms. The molecular formula is C13H20ClN3O2S. The minimum absolute atomic E-state index is 0. The fourth-order valence-electron chi connectivity index (χ4n) is 2.92. The van der Waals surface area contributed by atoms with E-state index in [0.717, 1.165) is 48.8 Å². The first kappa shape index (κ1) is 15.5. The summed E-state index contributed by atoms with van der Waals surface area (Å²) in [5, 5.41) is 4.40. The smallest absolute Gasteiger partial charge is 0.350 e. The van der Waals surface area contributed by atoms with Gasteiger partial charge in [0.05, 0.1) is 12.3 Å². The number of ether oxygens (including phenoxy) is 1. The third-order valence-electron chi connectivity index (χ3n) is 3.91. The standard InChI is InChI=1S/C13H19N3O2S.ClH/c1-3-18-12(17)11-8(2)15-13(19-11)16-6-9-4-14-5-10(9)7-16;/h9-10,14H,3-7H2,1-2H3;1H. The van der Waals surface area contributed by atoms with Crippen LogP contribution in [0.3, 0.4) is 0 Å². The first-order valence-electron chi connectivity index (χ1n) is 6.79. The number of aromatic nitrogens is 1. The number of hydrogen-bond donors (Lipinski definition) is 1. The number of anilines is 1. The number of rotatable bonds is 3. The Balaban J connectivity index is 0.00000147. The zero-order valence-corrected chi connectivity index (χ0v) is 13.4. The van der Waals surface area contributed by atoms with Crippen molar-refractivity contribution in [2.24, 2.45) is 11.8 Å². The second-order valence-electron chi connectivity index (χ2n) is 5.21. The molecule has 2 aliphatic rings. The van der Waals surface area contributed by atoms with Gasteiger partial charge < -0.3 is 15.0 Å². The highest BCUT2D eigenvalue weighted by atomic mass is 35.5. The Labute approximate surface area is 129 Å². The molecule has 0 radical (unpaired) electrons. The fraction of sp³-hybridized carbons (Fsp3) is 0.692. The van der Waals surface area contributed by atoms with Crippen molar-refractivity contribution in [1.29, 1.82) is 0 Å². The van der Waals surface area contributed by atoms with Crippen molar-refractivity contribution in [2.75, 3.05) is 37.7 Å². The Kier molecular flexibility index (Phi) is 4.88. The van der Waals surface area contributed by atoms with Crippen molar-refractivity contribution < 1.29 is 9.53 Å². The average molecular weight is 318 g/mol. The van der Waals surface area contributed by atoms with E-state index in [1.54, 1.807) is 0 Å². The number of carbonyl (C=O) groups excluding carboxylic acids is 1. The largest absolute Gasteiger partial charge is 0.462 e. The minimum atomic E-state index is -0.246. The predicted octanol–water partition coefficient (Wildman–Crippen LogP) is 1.71. The third kappa shape index (κ3) is 2.77. The maximum Gasteiger partial charge on any atom is 0.350 e. The van der Waals surface area contributed by atoms with Gasteiger partial charge in [-0.3, -0.25) is 0 Å². The number of thiazole rings is 1. The molecule has 7 heteroatoms. The molecule has 3 rings (SSSR count). The molecule has 3 heterocycles. The molecule has 2 saturated heterocycles. The molecule has 0 spiro atoms. The van der Waals surface area contributed by atoms with Crippen molar-refractivity contribution >= 4 is 34.8 Å². The lowest BCUT2D eigenvalue weighted by molar-refractivity contribution is 0.0531. The number of nitrogens with zero attached hydrogens (tertiary/aromatic N) is 2. The number of aryl methyl sites for hydroxylation is 1. The first-order chi connectivity index (χ1) is 9.19. The number of hydrogen-bond acceptors (Lipinski definition) is 6. The Bertz CT molecular complexity index is 482. The molecule has 0 amide bonds. The summed E-state index contributed by atoms with van der Waals surface area (Å²) in [7, 11) is 0. The van der Waals surface area contributed by atoms with Gasteiger partial charge >= 0.3 is 5.97 Å². The number of halogens is 1. The van der Waals surface area contributed by atoms with Crippen LogP contribution in [0, 0.1) is 18.8 Å². The van der Waals surface area contributed by atoms with E-state index in [1.165, 1.54) is 11.3 Å². The quantitative estimate of drug-likeness (QED) is 0.860. The molecule has 1 aromatic heterocycles. The molecule has 112 valence electrons. The molecular weight excluding hydrogens is 298 g/mol. The molecule has 0 aromatic carbocycles. The molecule has 1 N–H and O–H groups in total. The first-order valence-corrected chi connectivity index (χ1v) is 7.61. The van der Waals surface area contributed by atoms with E-state index in [1.807, 2.05) is 13.8 Å². The van der Waals surface area contributed by atoms with E-state index < -0.39 is 0 Å². The number of esters is 1. The summed E-state index contributed by atoms with van der Waals surface area (Å²) in [6, 6.07) is 0. The van der Waals surface area contributed by atoms with Crippen LogP contribution in [0.15, 0.2) is 0 Å². The molecule has 1 aromatic rings. The van der Waals surface area contributed by atoms with Crippen LogP contribution < -0.4 is 10.2 Å². The van der Waals surface area contributed by atoms with E-state index in [4.69, 9.17) is 4.74 Å². The van der Waals surface area contributed by atoms with Gasteiger partial charge in [0.1, 0.15) is 4.88 Å². The molecule has 0 aliphatic carbocycles. The second-order valence-corrected chi connectivity index (χ2v) is 6.19. The molecule has 2 unspecified atom stereocenters. The van der Waals surface area contributed by atoms with Gasteiger partial charge in [0, 0.05) is 26.2 Å². The van der Waals surface area contributed by atoms with Crippen LogP contribution in [0.25, 0.3) is 0 Å². The van der Waals surface area contributed by atoms with Crippen LogP contribution in [0.5, 0.6) is 0 Å². The van der Waals surface area contributed by atoms with Gasteiger partial charge in [0.15, 0.2) is 5.13 Å². The number of nitrogens with one attached hydrogen (secondary N) is 1. The summed E-state index contributed by atoms with van der Waals surface area (Å²) in [4.78, 5) is 19.3. The Hall–Kier alpha value is -0.850. The van der Waals surface area contributed by atoms with Gasteiger partial charge in [-0.15, -0.1) is 12.4 Å². The highest BCUT2D eigenvalue weighted by Crippen LogP contribution is 2.34. The van der Waals surface area contributed by atoms with Crippen molar-refractivity contribution in [3.05, 3.63) is 10.6 Å². The zero-order valence-electron chi connectivity index (χ0n) is 11.7. The normalized spacial score (nSPS) is 24.4. The molecule has 0 saturated carbocycles. The van der Waals surface area contributed by atoms with Crippen LogP contribution in [0.1, 0.15) is 22.3 Å². The van der Waals surface area contributed by atoms with E-state index in [-0.39, 0.29) is 18.4 Å². The Morgan fingerprint density at radius 2 is 2.10 bits per heavy atom. The maximum atomic E-state index is 11.8. The minimum Gasteiger partial charge on any atom is -0.462 e. The van der Waals surface area contributed by atoms with Gasteiger partial charge in [0.2, 0.25) is 0 Å². The van der Waals surface area contributed by atoms with Gasteiger partial charge in [-0.05, 0) is 25.7 Å². The molecule has 5 nitrogen and oxygen atoms in total. The van der Waals surface area contributed by atoms with Gasteiger partial charge in [-0.25, -0.2) is 9.78 Å². The summed E-state index contributed by atoms with van der Waals surface area (Å²) in [5.41, 5.74) is 0.786. The summed E-state index contributed by atoms with van der Waals surface area (Å²) in [6.45, 7) is 8.42. The fourth-order valence-corrected chi connectivity index (χ4v) is 3.89. The monoisotopic (exact) mass is 317 g/mol. The topological polar surface area (TPSA) is 54.5 Å². The number of fused-ring (bicyclic) bond motifs is 1. The number of carbonyl (C=O) groups is 1. The lowest BCUT2D eigenvalue weighted by Crippen LogP contribution is -2.25. The van der Waals surface area contributed by atoms with E-state index >= 15 is 0 Å². The lowest BCUT2D eigenvalue weighted by Gasteiger charge is -2.15. The van der Waals surface area contributed by atoms with Crippen molar-refractivity contribution in [3.63, 3.8) is 0 Å². The van der Waals surface area contributed by atoms with Gasteiger partial charge in [-0.1, -0.05) is 11.3 Å². The lowest BCUT2D eigenvalue weighted by atomic mass is 10.0. The van der Waals surface area contributed by atoms with Crippen LogP contribution in [0.4, 0.5) is 5.13 Å². The summed E-state index contributed by atoms with van der Waals surface area (Å²) < 4.78 is 5.06. The molecule has 2 fully saturated rings. The summed E-state index contributed by atoms with van der Waals surface area (Å²) >= 11 is 1.46. The van der Waals surface area contributed by atoms with E-state index in [0.29, 0.717) is 11.5 Å². The molecule has 0 bridgehead atoms. The Morgan fingerprint density at radius 3 is 2.70 bits per heavy atom. The van der Waals surface area contributed by atoms with Crippen LogP contribution in [-0.2, 0) is 4.74 Å². The van der Waals surface area contributed by atoms with Crippen molar-refractivity contribution in [1.82, 2.24) is 10.3 Å². The van der Waals surface area contributed by atoms with Crippen LogP contribution >= 0.6 is 23.7 Å². The molecule has 2 atom stereocenters. The van der Waals surface area contributed by atoms with E-state index in [9.17, 15) is 4.79 Å². The third-order valence-corrected chi connectivity index (χ3v) is 5.10.